The number of thioether (sulfide) groups is 1. The van der Waals surface area contributed by atoms with Crippen LogP contribution in [0.15, 0.2) is 70.7 Å². The van der Waals surface area contributed by atoms with Crippen molar-refractivity contribution in [3.63, 3.8) is 0 Å². The van der Waals surface area contributed by atoms with E-state index in [1.54, 1.807) is 36.5 Å². The zero-order valence-corrected chi connectivity index (χ0v) is 19.2. The Morgan fingerprint density at radius 2 is 1.83 bits per heavy atom. The molecule has 0 bridgehead atoms. The molecule has 0 atom stereocenters. The number of aromatic nitrogens is 3. The number of pyridine rings is 1. The van der Waals surface area contributed by atoms with E-state index in [1.165, 1.54) is 10.6 Å². The van der Waals surface area contributed by atoms with E-state index in [0.29, 0.717) is 16.7 Å². The number of benzene rings is 2. The van der Waals surface area contributed by atoms with E-state index in [2.05, 4.69) is 20.6 Å². The Balaban J connectivity index is 1.46. The molecule has 11 heteroatoms. The number of carbonyl (C=O) groups is 2. The first-order valence-electron chi connectivity index (χ1n) is 10.4. The zero-order chi connectivity index (χ0) is 24.9. The molecule has 2 aromatic carbocycles. The first-order chi connectivity index (χ1) is 16.8. The molecule has 35 heavy (non-hydrogen) atoms. The molecule has 0 aliphatic heterocycles. The van der Waals surface area contributed by atoms with Gasteiger partial charge in [0, 0.05) is 18.0 Å². The highest BCUT2D eigenvalue weighted by molar-refractivity contribution is 7.99. The average Bonchev–Trinajstić information content (AvgIpc) is 2.84. The van der Waals surface area contributed by atoms with Gasteiger partial charge in [0.05, 0.1) is 23.2 Å². The number of hydrogen-bond acceptors (Lipinski definition) is 6. The number of anilines is 1. The van der Waals surface area contributed by atoms with Crippen LogP contribution in [0.4, 0.5) is 14.5 Å². The number of halogens is 2. The average molecular weight is 496 g/mol. The van der Waals surface area contributed by atoms with Gasteiger partial charge in [-0.15, -0.1) is 0 Å². The van der Waals surface area contributed by atoms with Gasteiger partial charge in [-0.2, -0.15) is 0 Å². The number of amides is 2. The summed E-state index contributed by atoms with van der Waals surface area (Å²) in [5.41, 5.74) is 1.15. The van der Waals surface area contributed by atoms with Crippen LogP contribution >= 0.6 is 11.8 Å². The van der Waals surface area contributed by atoms with Crippen LogP contribution in [0.1, 0.15) is 5.56 Å². The van der Waals surface area contributed by atoms with Crippen molar-refractivity contribution < 1.29 is 18.4 Å². The number of nitrogens with zero attached hydrogens (tertiary/aromatic N) is 3. The van der Waals surface area contributed by atoms with E-state index in [9.17, 15) is 23.2 Å². The predicted octanol–water partition coefficient (Wildman–Crippen LogP) is 3.21. The van der Waals surface area contributed by atoms with Crippen molar-refractivity contribution in [2.75, 3.05) is 17.6 Å². The Labute approximate surface area is 202 Å². The van der Waals surface area contributed by atoms with Gasteiger partial charge in [-0.25, -0.2) is 23.3 Å². The van der Waals surface area contributed by atoms with E-state index in [4.69, 9.17) is 0 Å². The van der Waals surface area contributed by atoms with Crippen LogP contribution in [0, 0.1) is 18.6 Å². The summed E-state index contributed by atoms with van der Waals surface area (Å²) in [4.78, 5) is 46.4. The molecule has 2 N–H and O–H groups in total. The third kappa shape index (κ3) is 5.69. The lowest BCUT2D eigenvalue weighted by Gasteiger charge is -2.12. The molecule has 178 valence electrons. The summed E-state index contributed by atoms with van der Waals surface area (Å²) in [6.07, 6.45) is 1.63. The van der Waals surface area contributed by atoms with Gasteiger partial charge in [0.2, 0.25) is 11.8 Å². The molecule has 0 saturated carbocycles. The minimum absolute atomic E-state index is 0.0625. The Bertz CT molecular complexity index is 1470. The third-order valence-electron chi connectivity index (χ3n) is 4.85. The first kappa shape index (κ1) is 24.0. The summed E-state index contributed by atoms with van der Waals surface area (Å²) in [6, 6.07) is 13.3. The highest BCUT2D eigenvalue weighted by Crippen LogP contribution is 2.20. The molecule has 0 unspecified atom stereocenters. The monoisotopic (exact) mass is 495 g/mol. The quantitative estimate of drug-likeness (QED) is 0.301. The molecule has 0 aliphatic carbocycles. The van der Waals surface area contributed by atoms with Crippen LogP contribution in [-0.2, 0) is 9.59 Å². The molecule has 0 aliphatic rings. The van der Waals surface area contributed by atoms with Crippen molar-refractivity contribution in [2.45, 2.75) is 12.1 Å². The molecular weight excluding hydrogens is 476 g/mol. The summed E-state index contributed by atoms with van der Waals surface area (Å²) < 4.78 is 27.6. The van der Waals surface area contributed by atoms with E-state index in [1.807, 2.05) is 13.0 Å². The molecule has 4 aromatic rings. The number of nitrogens with one attached hydrogen (secondary N) is 2. The maximum absolute atomic E-state index is 13.3. The predicted molar refractivity (Wildman–Crippen MR) is 129 cm³/mol. The summed E-state index contributed by atoms with van der Waals surface area (Å²) >= 11 is 1.02. The molecule has 2 aromatic heterocycles. The van der Waals surface area contributed by atoms with Crippen LogP contribution in [0.3, 0.4) is 0 Å². The van der Waals surface area contributed by atoms with Crippen LogP contribution in [-0.4, -0.2) is 38.6 Å². The normalized spacial score (nSPS) is 10.8. The molecule has 0 fully saturated rings. The minimum Gasteiger partial charge on any atom is -0.346 e. The van der Waals surface area contributed by atoms with Crippen LogP contribution < -0.4 is 16.2 Å². The largest absolute Gasteiger partial charge is 0.346 e. The summed E-state index contributed by atoms with van der Waals surface area (Å²) in [6.45, 7) is 1.50. The van der Waals surface area contributed by atoms with Gasteiger partial charge in [-0.1, -0.05) is 30.0 Å². The van der Waals surface area contributed by atoms with Gasteiger partial charge in [0.1, 0.15) is 5.82 Å². The van der Waals surface area contributed by atoms with E-state index in [0.717, 1.165) is 29.5 Å². The number of aryl methyl sites for hydroxylation is 1. The number of rotatable bonds is 7. The van der Waals surface area contributed by atoms with Crippen LogP contribution in [0.2, 0.25) is 0 Å². The lowest BCUT2D eigenvalue weighted by atomic mass is 10.2. The fourth-order valence-corrected chi connectivity index (χ4v) is 3.97. The highest BCUT2D eigenvalue weighted by atomic mass is 32.2. The summed E-state index contributed by atoms with van der Waals surface area (Å²) in [5, 5.41) is 5.50. The number of fused-ring (bicyclic) bond motifs is 1. The topological polar surface area (TPSA) is 106 Å². The third-order valence-corrected chi connectivity index (χ3v) is 5.79. The maximum Gasteiger partial charge on any atom is 0.267 e. The first-order valence-corrected chi connectivity index (χ1v) is 11.4. The van der Waals surface area contributed by atoms with Crippen molar-refractivity contribution in [3.8, 4) is 5.82 Å². The molecule has 4 rings (SSSR count). The Morgan fingerprint density at radius 3 is 2.57 bits per heavy atom. The smallest absolute Gasteiger partial charge is 0.267 e. The summed E-state index contributed by atoms with van der Waals surface area (Å²) in [7, 11) is 0. The second-order valence-electron chi connectivity index (χ2n) is 7.49. The Morgan fingerprint density at radius 1 is 1.03 bits per heavy atom. The lowest BCUT2D eigenvalue weighted by molar-refractivity contribution is -0.122. The van der Waals surface area contributed by atoms with Gasteiger partial charge in [-0.3, -0.25) is 14.4 Å². The maximum atomic E-state index is 13.3. The molecule has 0 radical (unpaired) electrons. The van der Waals surface area contributed by atoms with Crippen LogP contribution in [0.5, 0.6) is 0 Å². The molecule has 2 amide bonds. The van der Waals surface area contributed by atoms with Crippen molar-refractivity contribution >= 4 is 40.2 Å². The fourth-order valence-electron chi connectivity index (χ4n) is 3.14. The standard InChI is InChI=1S/C24H19F2N5O3S/c1-14-6-9-20(27-11-14)31-23(34)16-4-2-3-5-19(16)30-24(31)35-13-22(33)28-12-21(32)29-15-7-8-17(25)18(26)10-15/h2-11H,12-13H2,1H3,(H,28,33)(H,29,32). The number of carbonyl (C=O) groups excluding carboxylic acids is 2. The van der Waals surface area contributed by atoms with Gasteiger partial charge in [0.15, 0.2) is 16.8 Å². The lowest BCUT2D eigenvalue weighted by Crippen LogP contribution is -2.34. The molecule has 0 spiro atoms. The molecule has 2 heterocycles. The van der Waals surface area contributed by atoms with Crippen molar-refractivity contribution in [2.24, 2.45) is 0 Å². The number of hydrogen-bond donors (Lipinski definition) is 2. The van der Waals surface area contributed by atoms with E-state index in [-0.39, 0.29) is 28.7 Å². The minimum atomic E-state index is -1.10. The zero-order valence-electron chi connectivity index (χ0n) is 18.4. The van der Waals surface area contributed by atoms with Crippen molar-refractivity contribution in [1.29, 1.82) is 0 Å². The van der Waals surface area contributed by atoms with Crippen molar-refractivity contribution in [1.82, 2.24) is 19.9 Å². The van der Waals surface area contributed by atoms with Gasteiger partial charge >= 0.3 is 0 Å². The van der Waals surface area contributed by atoms with Gasteiger partial charge < -0.3 is 10.6 Å². The van der Waals surface area contributed by atoms with Crippen molar-refractivity contribution in [3.05, 3.63) is 88.3 Å². The number of para-hydroxylation sites is 1. The van der Waals surface area contributed by atoms with E-state index < -0.39 is 23.4 Å². The Hall–Kier alpha value is -4.12. The SMILES string of the molecule is Cc1ccc(-n2c(SCC(=O)NCC(=O)Nc3ccc(F)c(F)c3)nc3ccccc3c2=O)nc1. The van der Waals surface area contributed by atoms with Gasteiger partial charge in [0.25, 0.3) is 5.56 Å². The molecule has 8 nitrogen and oxygen atoms in total. The molecular formula is C24H19F2N5O3S. The highest BCUT2D eigenvalue weighted by Gasteiger charge is 2.16. The second-order valence-corrected chi connectivity index (χ2v) is 8.43. The van der Waals surface area contributed by atoms with Crippen LogP contribution in [0.25, 0.3) is 16.7 Å². The van der Waals surface area contributed by atoms with Gasteiger partial charge in [-0.05, 0) is 42.8 Å². The fraction of sp³-hybridized carbons (Fsp3) is 0.125. The Kier molecular flexibility index (Phi) is 7.16. The van der Waals surface area contributed by atoms with E-state index >= 15 is 0 Å². The second kappa shape index (κ2) is 10.4. The summed E-state index contributed by atoms with van der Waals surface area (Å²) in [5.74, 6) is -2.99. The molecule has 0 saturated heterocycles.